The highest BCUT2D eigenvalue weighted by Gasteiger charge is 2.13. The lowest BCUT2D eigenvalue weighted by Gasteiger charge is -2.16. The van der Waals surface area contributed by atoms with Crippen LogP contribution in [0, 0.1) is 13.8 Å². The summed E-state index contributed by atoms with van der Waals surface area (Å²) in [4.78, 5) is 12.7. The molecule has 0 fully saturated rings. The molecular formula is C15H17NOS. The molecule has 0 saturated heterocycles. The summed E-state index contributed by atoms with van der Waals surface area (Å²) in [6.45, 7) is 6.16. The van der Waals surface area contributed by atoms with Crippen LogP contribution < -0.4 is 5.32 Å². The van der Waals surface area contributed by atoms with Crippen LogP contribution in [0.1, 0.15) is 39.3 Å². The summed E-state index contributed by atoms with van der Waals surface area (Å²) in [5, 5.41) is 4.95. The van der Waals surface area contributed by atoms with Crippen molar-refractivity contribution in [2.75, 3.05) is 0 Å². The molecule has 94 valence electrons. The Bertz CT molecular complexity index is 546. The van der Waals surface area contributed by atoms with Gasteiger partial charge < -0.3 is 5.32 Å². The van der Waals surface area contributed by atoms with Crippen LogP contribution in [0.5, 0.6) is 0 Å². The van der Waals surface area contributed by atoms with E-state index in [9.17, 15) is 4.79 Å². The van der Waals surface area contributed by atoms with Gasteiger partial charge in [0, 0.05) is 0 Å². The summed E-state index contributed by atoms with van der Waals surface area (Å²) < 4.78 is 0. The fourth-order valence-corrected chi connectivity index (χ4v) is 2.61. The largest absolute Gasteiger partial charge is 0.345 e. The predicted molar refractivity (Wildman–Crippen MR) is 76.1 cm³/mol. The van der Waals surface area contributed by atoms with Crippen LogP contribution in [0.2, 0.25) is 0 Å². The topological polar surface area (TPSA) is 29.1 Å². The molecule has 1 N–H and O–H groups in total. The second-order valence-electron chi connectivity index (χ2n) is 4.53. The van der Waals surface area contributed by atoms with Crippen molar-refractivity contribution in [3.8, 4) is 0 Å². The Kier molecular flexibility index (Phi) is 3.82. The second kappa shape index (κ2) is 5.36. The lowest BCUT2D eigenvalue weighted by Crippen LogP contribution is -2.26. The maximum Gasteiger partial charge on any atom is 0.261 e. The van der Waals surface area contributed by atoms with E-state index < -0.39 is 0 Å². The number of aryl methyl sites for hydroxylation is 2. The van der Waals surface area contributed by atoms with E-state index in [1.54, 1.807) is 0 Å². The van der Waals surface area contributed by atoms with Crippen LogP contribution in [-0.4, -0.2) is 5.91 Å². The maximum absolute atomic E-state index is 12.0. The third-order valence-corrected chi connectivity index (χ3v) is 3.86. The van der Waals surface area contributed by atoms with Gasteiger partial charge in [0.1, 0.15) is 0 Å². The van der Waals surface area contributed by atoms with E-state index in [0.717, 1.165) is 4.88 Å². The summed E-state index contributed by atoms with van der Waals surface area (Å²) in [7, 11) is 0. The van der Waals surface area contributed by atoms with Crippen molar-refractivity contribution >= 4 is 17.2 Å². The van der Waals surface area contributed by atoms with Gasteiger partial charge >= 0.3 is 0 Å². The van der Waals surface area contributed by atoms with Crippen molar-refractivity contribution in [2.45, 2.75) is 26.8 Å². The van der Waals surface area contributed by atoms with Gasteiger partial charge in [-0.1, -0.05) is 29.8 Å². The van der Waals surface area contributed by atoms with Gasteiger partial charge in [-0.05, 0) is 43.3 Å². The molecule has 0 aliphatic carbocycles. The van der Waals surface area contributed by atoms with E-state index in [2.05, 4.69) is 37.4 Å². The van der Waals surface area contributed by atoms with Crippen molar-refractivity contribution in [1.82, 2.24) is 5.32 Å². The Hall–Kier alpha value is -1.61. The number of hydrogen-bond donors (Lipinski definition) is 1. The molecular weight excluding hydrogens is 242 g/mol. The molecule has 3 heteroatoms. The fourth-order valence-electron chi connectivity index (χ4n) is 1.98. The molecule has 0 bridgehead atoms. The third-order valence-electron chi connectivity index (χ3n) is 2.99. The number of benzene rings is 1. The molecule has 2 aromatic rings. The summed E-state index contributed by atoms with van der Waals surface area (Å²) in [5.74, 6) is -0.00148. The van der Waals surface area contributed by atoms with E-state index in [-0.39, 0.29) is 11.9 Å². The molecule has 0 aliphatic rings. The Morgan fingerprint density at radius 1 is 1.28 bits per heavy atom. The first kappa shape index (κ1) is 12.8. The summed E-state index contributed by atoms with van der Waals surface area (Å²) >= 11 is 1.46. The molecule has 18 heavy (non-hydrogen) atoms. The van der Waals surface area contributed by atoms with Crippen molar-refractivity contribution in [3.05, 3.63) is 57.3 Å². The lowest BCUT2D eigenvalue weighted by atomic mass is 10.00. The minimum absolute atomic E-state index is 0.00148. The SMILES string of the molecule is Cc1ccc(C)c([C@H](C)NC(=O)c2cccs2)c1. The predicted octanol–water partition coefficient (Wildman–Crippen LogP) is 3.86. The molecule has 0 spiro atoms. The quantitative estimate of drug-likeness (QED) is 0.891. The molecule has 2 rings (SSSR count). The van der Waals surface area contributed by atoms with Crippen LogP contribution in [0.4, 0.5) is 0 Å². The van der Waals surface area contributed by atoms with Gasteiger partial charge in [-0.3, -0.25) is 4.79 Å². The minimum Gasteiger partial charge on any atom is -0.345 e. The molecule has 0 radical (unpaired) electrons. The van der Waals surface area contributed by atoms with Crippen LogP contribution in [0.15, 0.2) is 35.7 Å². The van der Waals surface area contributed by atoms with Crippen molar-refractivity contribution in [3.63, 3.8) is 0 Å². The highest BCUT2D eigenvalue weighted by molar-refractivity contribution is 7.12. The second-order valence-corrected chi connectivity index (χ2v) is 5.48. The van der Waals surface area contributed by atoms with E-state index >= 15 is 0 Å². The molecule has 2 nitrogen and oxygen atoms in total. The van der Waals surface area contributed by atoms with Crippen LogP contribution >= 0.6 is 11.3 Å². The summed E-state index contributed by atoms with van der Waals surface area (Å²) in [5.41, 5.74) is 3.60. The van der Waals surface area contributed by atoms with Crippen molar-refractivity contribution in [1.29, 1.82) is 0 Å². The highest BCUT2D eigenvalue weighted by Crippen LogP contribution is 2.20. The first-order valence-corrected chi connectivity index (χ1v) is 6.87. The number of nitrogens with one attached hydrogen (secondary N) is 1. The van der Waals surface area contributed by atoms with E-state index in [1.165, 1.54) is 28.0 Å². The van der Waals surface area contributed by atoms with E-state index in [0.29, 0.717) is 0 Å². The normalized spacial score (nSPS) is 12.2. The van der Waals surface area contributed by atoms with E-state index in [4.69, 9.17) is 0 Å². The molecule has 1 aromatic carbocycles. The molecule has 1 aromatic heterocycles. The highest BCUT2D eigenvalue weighted by atomic mass is 32.1. The zero-order valence-corrected chi connectivity index (χ0v) is 11.7. The summed E-state index contributed by atoms with van der Waals surface area (Å²) in [6.07, 6.45) is 0. The monoisotopic (exact) mass is 259 g/mol. The van der Waals surface area contributed by atoms with Gasteiger partial charge in [0.05, 0.1) is 10.9 Å². The third kappa shape index (κ3) is 2.79. The van der Waals surface area contributed by atoms with Gasteiger partial charge in [0.15, 0.2) is 0 Å². The first-order valence-electron chi connectivity index (χ1n) is 5.99. The fraction of sp³-hybridized carbons (Fsp3) is 0.267. The van der Waals surface area contributed by atoms with Crippen molar-refractivity contribution < 1.29 is 4.79 Å². The summed E-state index contributed by atoms with van der Waals surface area (Å²) in [6, 6.07) is 10.1. The van der Waals surface area contributed by atoms with Gasteiger partial charge in [0.2, 0.25) is 0 Å². The van der Waals surface area contributed by atoms with Gasteiger partial charge in [0.25, 0.3) is 5.91 Å². The number of amides is 1. The van der Waals surface area contributed by atoms with Crippen LogP contribution in [0.25, 0.3) is 0 Å². The average molecular weight is 259 g/mol. The zero-order chi connectivity index (χ0) is 13.1. The molecule has 1 atom stereocenters. The number of rotatable bonds is 3. The van der Waals surface area contributed by atoms with Crippen LogP contribution in [-0.2, 0) is 0 Å². The molecule has 1 amide bonds. The molecule has 0 aliphatic heterocycles. The lowest BCUT2D eigenvalue weighted by molar-refractivity contribution is 0.0944. The number of hydrogen-bond acceptors (Lipinski definition) is 2. The molecule has 0 saturated carbocycles. The minimum atomic E-state index is -0.00148. The Labute approximate surface area is 112 Å². The van der Waals surface area contributed by atoms with Gasteiger partial charge in [-0.2, -0.15) is 0 Å². The van der Waals surface area contributed by atoms with Crippen LogP contribution in [0.3, 0.4) is 0 Å². The van der Waals surface area contributed by atoms with Crippen molar-refractivity contribution in [2.24, 2.45) is 0 Å². The number of thiophene rings is 1. The standard InChI is InChI=1S/C15H17NOS/c1-10-6-7-11(2)13(9-10)12(3)16-15(17)14-5-4-8-18-14/h4-9,12H,1-3H3,(H,16,17)/t12-/m0/s1. The molecule has 0 unspecified atom stereocenters. The smallest absolute Gasteiger partial charge is 0.261 e. The maximum atomic E-state index is 12.0. The number of carbonyl (C=O) groups is 1. The number of carbonyl (C=O) groups excluding carboxylic acids is 1. The first-order chi connectivity index (χ1) is 8.58. The Balaban J connectivity index is 2.14. The van der Waals surface area contributed by atoms with Gasteiger partial charge in [-0.15, -0.1) is 11.3 Å². The zero-order valence-electron chi connectivity index (χ0n) is 10.9. The Morgan fingerprint density at radius 3 is 2.72 bits per heavy atom. The molecule has 1 heterocycles. The van der Waals surface area contributed by atoms with E-state index in [1.807, 2.05) is 24.4 Å². The van der Waals surface area contributed by atoms with Gasteiger partial charge in [-0.25, -0.2) is 0 Å². The average Bonchev–Trinajstić information content (AvgIpc) is 2.85. The Morgan fingerprint density at radius 2 is 2.06 bits per heavy atom.